The van der Waals surface area contributed by atoms with Gasteiger partial charge in [0.2, 0.25) is 5.91 Å². The highest BCUT2D eigenvalue weighted by Crippen LogP contribution is 2.25. The minimum absolute atomic E-state index is 0.105. The predicted molar refractivity (Wildman–Crippen MR) is 105 cm³/mol. The van der Waals surface area contributed by atoms with Crippen LogP contribution in [0.15, 0.2) is 30.3 Å². The first-order valence-corrected chi connectivity index (χ1v) is 11.2. The van der Waals surface area contributed by atoms with Gasteiger partial charge >= 0.3 is 0 Å². The number of rotatable bonds is 6. The highest BCUT2D eigenvalue weighted by Gasteiger charge is 2.35. The summed E-state index contributed by atoms with van der Waals surface area (Å²) in [6.45, 7) is 6.18. The Balaban J connectivity index is 1.55. The van der Waals surface area contributed by atoms with Crippen LogP contribution in [0.2, 0.25) is 0 Å². The molecule has 0 aliphatic carbocycles. The van der Waals surface area contributed by atoms with Gasteiger partial charge in [-0.2, -0.15) is 12.7 Å². The molecule has 2 aliphatic heterocycles. The van der Waals surface area contributed by atoms with Crippen molar-refractivity contribution in [2.45, 2.75) is 38.8 Å². The molecule has 2 N–H and O–H groups in total. The maximum atomic E-state index is 13.0. The second kappa shape index (κ2) is 8.68. The predicted octanol–water partition coefficient (Wildman–Crippen LogP) is 1.02. The molecular formula is C19H30N4O3S. The molecule has 2 heterocycles. The van der Waals surface area contributed by atoms with Gasteiger partial charge in [-0.1, -0.05) is 30.3 Å². The molecule has 2 aliphatic rings. The first-order valence-electron chi connectivity index (χ1n) is 9.73. The molecule has 2 fully saturated rings. The number of likely N-dealkylation sites (N-methyl/N-ethyl adjacent to an activating group) is 1. The third kappa shape index (κ3) is 5.07. The Hall–Kier alpha value is -1.48. The Labute approximate surface area is 162 Å². The van der Waals surface area contributed by atoms with E-state index in [0.717, 1.165) is 26.1 Å². The summed E-state index contributed by atoms with van der Waals surface area (Å²) in [6, 6.07) is 10.6. The van der Waals surface area contributed by atoms with E-state index in [0.29, 0.717) is 32.5 Å². The third-order valence-corrected chi connectivity index (χ3v) is 6.81. The number of likely N-dealkylation sites (tertiary alicyclic amines) is 1. The molecular weight excluding hydrogens is 364 g/mol. The van der Waals surface area contributed by atoms with Crippen molar-refractivity contribution in [2.75, 3.05) is 32.7 Å². The van der Waals surface area contributed by atoms with Gasteiger partial charge in [-0.25, -0.2) is 5.14 Å². The van der Waals surface area contributed by atoms with Crippen molar-refractivity contribution in [3.8, 4) is 0 Å². The summed E-state index contributed by atoms with van der Waals surface area (Å²) < 4.78 is 24.2. The van der Waals surface area contributed by atoms with Crippen LogP contribution >= 0.6 is 0 Å². The first-order chi connectivity index (χ1) is 12.9. The molecule has 1 atom stereocenters. The summed E-state index contributed by atoms with van der Waals surface area (Å²) in [4.78, 5) is 17.5. The molecule has 0 bridgehead atoms. The van der Waals surface area contributed by atoms with Gasteiger partial charge < -0.3 is 4.90 Å². The molecule has 1 aromatic carbocycles. The summed E-state index contributed by atoms with van der Waals surface area (Å²) in [5.74, 6) is 0.0595. The monoisotopic (exact) mass is 394 g/mol. The third-order valence-electron chi connectivity index (χ3n) is 5.72. The average molecular weight is 395 g/mol. The number of carbonyl (C=O) groups excluding carboxylic acids is 1. The summed E-state index contributed by atoms with van der Waals surface area (Å²) in [6.07, 6.45) is 2.08. The van der Waals surface area contributed by atoms with Gasteiger partial charge in [-0.15, -0.1) is 0 Å². The molecule has 150 valence electrons. The lowest BCUT2D eigenvalue weighted by Crippen LogP contribution is -2.49. The smallest absolute Gasteiger partial charge is 0.276 e. The number of hydrogen-bond acceptors (Lipinski definition) is 4. The highest BCUT2D eigenvalue weighted by atomic mass is 32.2. The Kier molecular flexibility index (Phi) is 6.52. The van der Waals surface area contributed by atoms with Crippen LogP contribution in [-0.4, -0.2) is 67.2 Å². The zero-order valence-corrected chi connectivity index (χ0v) is 16.8. The standard InChI is InChI=1S/C19H30N4O3S/c1-2-23(19(24)17-8-12-22(13-9-17)27(20,25)26)18-10-11-21(15-18)14-16-6-4-3-5-7-16/h3-7,17-18H,2,8-15H2,1H3,(H2,20,25,26). The van der Waals surface area contributed by atoms with Crippen molar-refractivity contribution in [3.63, 3.8) is 0 Å². The molecule has 0 aromatic heterocycles. The molecule has 8 heteroatoms. The van der Waals surface area contributed by atoms with Crippen molar-refractivity contribution < 1.29 is 13.2 Å². The number of piperidine rings is 1. The van der Waals surface area contributed by atoms with E-state index in [1.54, 1.807) is 0 Å². The van der Waals surface area contributed by atoms with Crippen LogP contribution in [0.4, 0.5) is 0 Å². The zero-order valence-electron chi connectivity index (χ0n) is 16.0. The lowest BCUT2D eigenvalue weighted by Gasteiger charge is -2.35. The molecule has 2 saturated heterocycles. The molecule has 0 radical (unpaired) electrons. The van der Waals surface area contributed by atoms with Gasteiger partial charge in [-0.05, 0) is 31.7 Å². The maximum absolute atomic E-state index is 13.0. The van der Waals surface area contributed by atoms with E-state index < -0.39 is 10.2 Å². The van der Waals surface area contributed by atoms with Crippen LogP contribution in [0.1, 0.15) is 31.7 Å². The Morgan fingerprint density at radius 2 is 1.81 bits per heavy atom. The highest BCUT2D eigenvalue weighted by molar-refractivity contribution is 7.86. The van der Waals surface area contributed by atoms with Crippen molar-refractivity contribution >= 4 is 16.1 Å². The summed E-state index contributed by atoms with van der Waals surface area (Å²) in [7, 11) is -3.65. The minimum atomic E-state index is -3.65. The lowest BCUT2D eigenvalue weighted by molar-refractivity contribution is -0.138. The minimum Gasteiger partial charge on any atom is -0.338 e. The van der Waals surface area contributed by atoms with Crippen LogP contribution in [0.25, 0.3) is 0 Å². The number of benzene rings is 1. The van der Waals surface area contributed by atoms with Crippen LogP contribution < -0.4 is 5.14 Å². The van der Waals surface area contributed by atoms with Crippen molar-refractivity contribution in [1.29, 1.82) is 0 Å². The number of amides is 1. The summed E-state index contributed by atoms with van der Waals surface area (Å²) in [5.41, 5.74) is 1.29. The second-order valence-electron chi connectivity index (χ2n) is 7.51. The topological polar surface area (TPSA) is 87.0 Å². The van der Waals surface area contributed by atoms with E-state index >= 15 is 0 Å². The van der Waals surface area contributed by atoms with E-state index in [9.17, 15) is 13.2 Å². The number of hydrogen-bond donors (Lipinski definition) is 1. The number of nitrogens with zero attached hydrogens (tertiary/aromatic N) is 3. The van der Waals surface area contributed by atoms with Crippen molar-refractivity contribution in [1.82, 2.24) is 14.1 Å². The Morgan fingerprint density at radius 1 is 1.15 bits per heavy atom. The summed E-state index contributed by atoms with van der Waals surface area (Å²) in [5, 5.41) is 5.19. The molecule has 7 nitrogen and oxygen atoms in total. The Bertz CT molecular complexity index is 733. The molecule has 27 heavy (non-hydrogen) atoms. The van der Waals surface area contributed by atoms with Crippen molar-refractivity contribution in [3.05, 3.63) is 35.9 Å². The fraction of sp³-hybridized carbons (Fsp3) is 0.632. The SMILES string of the molecule is CCN(C(=O)C1CCN(S(N)(=O)=O)CC1)C1CCN(Cc2ccccc2)C1. The molecule has 0 spiro atoms. The zero-order chi connectivity index (χ0) is 19.4. The number of carbonyl (C=O) groups is 1. The van der Waals surface area contributed by atoms with E-state index in [1.807, 2.05) is 17.9 Å². The van der Waals surface area contributed by atoms with Gasteiger partial charge in [-0.3, -0.25) is 9.69 Å². The van der Waals surface area contributed by atoms with Gasteiger partial charge in [0.25, 0.3) is 10.2 Å². The largest absolute Gasteiger partial charge is 0.338 e. The van der Waals surface area contributed by atoms with E-state index in [2.05, 4.69) is 29.2 Å². The van der Waals surface area contributed by atoms with Gasteiger partial charge in [0.05, 0.1) is 0 Å². The average Bonchev–Trinajstić information content (AvgIpc) is 3.10. The first kappa shape index (κ1) is 20.3. The molecule has 1 unspecified atom stereocenters. The lowest BCUT2D eigenvalue weighted by atomic mass is 9.95. The quantitative estimate of drug-likeness (QED) is 0.781. The Morgan fingerprint density at radius 3 is 2.41 bits per heavy atom. The fourth-order valence-electron chi connectivity index (χ4n) is 4.24. The van der Waals surface area contributed by atoms with E-state index in [-0.39, 0.29) is 17.9 Å². The molecule has 3 rings (SSSR count). The molecule has 0 saturated carbocycles. The van der Waals surface area contributed by atoms with Gasteiger partial charge in [0.15, 0.2) is 0 Å². The normalized spacial score (nSPS) is 22.8. The van der Waals surface area contributed by atoms with Crippen LogP contribution in [0, 0.1) is 5.92 Å². The second-order valence-corrected chi connectivity index (χ2v) is 9.05. The fourth-order valence-corrected chi connectivity index (χ4v) is 4.96. The van der Waals surface area contributed by atoms with Crippen LogP contribution in [0.3, 0.4) is 0 Å². The van der Waals surface area contributed by atoms with Gasteiger partial charge in [0.1, 0.15) is 0 Å². The van der Waals surface area contributed by atoms with E-state index in [4.69, 9.17) is 5.14 Å². The molecule has 1 aromatic rings. The van der Waals surface area contributed by atoms with E-state index in [1.165, 1.54) is 9.87 Å². The summed E-state index contributed by atoms with van der Waals surface area (Å²) >= 11 is 0. The van der Waals surface area contributed by atoms with Crippen LogP contribution in [-0.2, 0) is 21.5 Å². The van der Waals surface area contributed by atoms with Crippen LogP contribution in [0.5, 0.6) is 0 Å². The number of nitrogens with two attached hydrogens (primary N) is 1. The maximum Gasteiger partial charge on any atom is 0.276 e. The van der Waals surface area contributed by atoms with Crippen molar-refractivity contribution in [2.24, 2.45) is 11.1 Å². The molecule has 1 amide bonds. The van der Waals surface area contributed by atoms with Gasteiger partial charge in [0, 0.05) is 51.2 Å².